The molecule has 0 saturated heterocycles. The van der Waals surface area contributed by atoms with Crippen LogP contribution >= 0.6 is 0 Å². The van der Waals surface area contributed by atoms with Crippen LogP contribution in [0.25, 0.3) is 5.70 Å². The van der Waals surface area contributed by atoms with Gasteiger partial charge < -0.3 is 0 Å². The van der Waals surface area contributed by atoms with Crippen LogP contribution in [0.1, 0.15) is 33.4 Å². The molecule has 0 unspecified atom stereocenters. The molecule has 0 bridgehead atoms. The molecule has 1 rings (SSSR count). The Morgan fingerprint density at radius 1 is 1.44 bits per heavy atom. The van der Waals surface area contributed by atoms with Crippen molar-refractivity contribution in [1.29, 1.82) is 0 Å². The zero-order chi connectivity index (χ0) is 12.2. The molecule has 0 aliphatic carbocycles. The first-order valence-electron chi connectivity index (χ1n) is 5.51. The van der Waals surface area contributed by atoms with Crippen LogP contribution in [0.4, 0.5) is 0 Å². The molecule has 0 spiro atoms. The fraction of sp³-hybridized carbons (Fsp3) is 0.357. The minimum absolute atomic E-state index is 0.0815. The Balaban J connectivity index is 3.05. The van der Waals surface area contributed by atoms with Gasteiger partial charge in [0, 0.05) is 11.6 Å². The molecule has 1 aromatic rings. The summed E-state index contributed by atoms with van der Waals surface area (Å²) in [5, 5.41) is 4.55. The van der Waals surface area contributed by atoms with Crippen molar-refractivity contribution in [3.63, 3.8) is 0 Å². The Labute approximate surface area is 98.0 Å². The summed E-state index contributed by atoms with van der Waals surface area (Å²) in [6.45, 7) is 12.3. The van der Waals surface area contributed by atoms with Gasteiger partial charge in [-0.3, -0.25) is 0 Å². The molecular weight excluding hydrogens is 196 g/mol. The molecule has 1 heterocycles. The Bertz CT molecular complexity index is 414. The van der Waals surface area contributed by atoms with Gasteiger partial charge in [-0.05, 0) is 25.1 Å². The van der Waals surface area contributed by atoms with Crippen LogP contribution in [0.3, 0.4) is 0 Å². The first kappa shape index (κ1) is 12.5. The lowest BCUT2D eigenvalue weighted by Crippen LogP contribution is -2.12. The highest BCUT2D eigenvalue weighted by Gasteiger charge is 2.16. The van der Waals surface area contributed by atoms with Gasteiger partial charge in [-0.2, -0.15) is 5.10 Å². The van der Waals surface area contributed by atoms with Gasteiger partial charge in [0.25, 0.3) is 0 Å². The predicted octanol–water partition coefficient (Wildman–Crippen LogP) is 3.78. The Hall–Kier alpha value is -1.57. The number of rotatable bonds is 3. The Morgan fingerprint density at radius 2 is 2.12 bits per heavy atom. The minimum atomic E-state index is 0.0815. The van der Waals surface area contributed by atoms with Gasteiger partial charge >= 0.3 is 0 Å². The van der Waals surface area contributed by atoms with Crippen LogP contribution in [0.2, 0.25) is 0 Å². The monoisotopic (exact) mass is 216 g/mol. The van der Waals surface area contributed by atoms with Gasteiger partial charge in [-0.25, -0.2) is 4.68 Å². The van der Waals surface area contributed by atoms with E-state index < -0.39 is 0 Å². The van der Waals surface area contributed by atoms with Crippen molar-refractivity contribution in [3.8, 4) is 0 Å². The van der Waals surface area contributed by atoms with Crippen molar-refractivity contribution in [3.05, 3.63) is 48.8 Å². The van der Waals surface area contributed by atoms with Crippen LogP contribution in [-0.4, -0.2) is 9.78 Å². The van der Waals surface area contributed by atoms with E-state index in [1.54, 1.807) is 6.08 Å². The molecule has 0 aliphatic rings. The summed E-state index contributed by atoms with van der Waals surface area (Å²) in [6, 6.07) is 2.05. The highest BCUT2D eigenvalue weighted by molar-refractivity contribution is 5.57. The molecule has 0 aromatic carbocycles. The maximum absolute atomic E-state index is 4.55. The maximum Gasteiger partial charge on any atom is 0.0682 e. The smallest absolute Gasteiger partial charge is 0.0682 e. The van der Waals surface area contributed by atoms with Crippen LogP contribution in [0.15, 0.2) is 43.1 Å². The number of nitrogens with zero attached hydrogens (tertiary/aromatic N) is 2. The lowest BCUT2D eigenvalue weighted by atomic mass is 9.93. The van der Waals surface area contributed by atoms with Gasteiger partial charge in [0.1, 0.15) is 0 Å². The molecule has 16 heavy (non-hydrogen) atoms. The molecule has 0 radical (unpaired) electrons. The van der Waals surface area contributed by atoms with Crippen molar-refractivity contribution in [2.24, 2.45) is 0 Å². The Kier molecular flexibility index (Phi) is 3.88. The fourth-order valence-corrected chi connectivity index (χ4v) is 1.30. The SMILES string of the molecule is C=C/C(=C\C=C/C)n1ccc(C(C)(C)C)n1. The van der Waals surface area contributed by atoms with Gasteiger partial charge in [0.2, 0.25) is 0 Å². The van der Waals surface area contributed by atoms with Crippen molar-refractivity contribution in [2.45, 2.75) is 33.1 Å². The van der Waals surface area contributed by atoms with E-state index in [0.717, 1.165) is 11.4 Å². The first-order chi connectivity index (χ1) is 7.49. The first-order valence-corrected chi connectivity index (χ1v) is 5.51. The van der Waals surface area contributed by atoms with E-state index in [9.17, 15) is 0 Å². The van der Waals surface area contributed by atoms with Gasteiger partial charge in [0.05, 0.1) is 11.4 Å². The molecule has 0 atom stereocenters. The van der Waals surface area contributed by atoms with Crippen LogP contribution < -0.4 is 0 Å². The summed E-state index contributed by atoms with van der Waals surface area (Å²) >= 11 is 0. The summed E-state index contributed by atoms with van der Waals surface area (Å²) in [4.78, 5) is 0. The third-order valence-corrected chi connectivity index (χ3v) is 2.29. The van der Waals surface area contributed by atoms with Crippen molar-refractivity contribution < 1.29 is 0 Å². The minimum Gasteiger partial charge on any atom is -0.241 e. The molecule has 2 heteroatoms. The third-order valence-electron chi connectivity index (χ3n) is 2.29. The summed E-state index contributed by atoms with van der Waals surface area (Å²) in [5.74, 6) is 0. The van der Waals surface area contributed by atoms with Crippen LogP contribution in [0.5, 0.6) is 0 Å². The van der Waals surface area contributed by atoms with E-state index in [1.165, 1.54) is 0 Å². The van der Waals surface area contributed by atoms with Crippen molar-refractivity contribution >= 4 is 5.70 Å². The normalized spacial score (nSPS) is 13.4. The van der Waals surface area contributed by atoms with Gasteiger partial charge in [-0.1, -0.05) is 39.5 Å². The summed E-state index contributed by atoms with van der Waals surface area (Å²) in [5.41, 5.74) is 2.15. The van der Waals surface area contributed by atoms with Crippen LogP contribution in [-0.2, 0) is 5.41 Å². The van der Waals surface area contributed by atoms with E-state index in [1.807, 2.05) is 42.1 Å². The maximum atomic E-state index is 4.55. The quantitative estimate of drug-likeness (QED) is 0.703. The number of hydrogen-bond acceptors (Lipinski definition) is 1. The van der Waals surface area contributed by atoms with E-state index in [0.29, 0.717) is 0 Å². The summed E-state index contributed by atoms with van der Waals surface area (Å²) < 4.78 is 1.85. The highest BCUT2D eigenvalue weighted by atomic mass is 15.3. The third kappa shape index (κ3) is 2.96. The molecule has 0 aliphatic heterocycles. The average molecular weight is 216 g/mol. The Morgan fingerprint density at radius 3 is 2.56 bits per heavy atom. The standard InChI is InChI=1S/C14H20N2/c1-6-8-9-12(7-2)16-11-10-13(15-16)14(3,4)5/h6-11H,2H2,1,3-5H3/b8-6-,12-9+. The predicted molar refractivity (Wildman–Crippen MR) is 70.2 cm³/mol. The van der Waals surface area contributed by atoms with E-state index in [4.69, 9.17) is 0 Å². The van der Waals surface area contributed by atoms with E-state index in [-0.39, 0.29) is 5.41 Å². The second kappa shape index (κ2) is 4.97. The summed E-state index contributed by atoms with van der Waals surface area (Å²) in [6.07, 6.45) is 9.73. The van der Waals surface area contributed by atoms with Gasteiger partial charge in [0.15, 0.2) is 0 Å². The molecule has 0 fully saturated rings. The average Bonchev–Trinajstić information content (AvgIpc) is 2.68. The number of allylic oxidation sites excluding steroid dienone is 5. The van der Waals surface area contributed by atoms with Crippen molar-refractivity contribution in [2.75, 3.05) is 0 Å². The zero-order valence-electron chi connectivity index (χ0n) is 10.6. The van der Waals surface area contributed by atoms with E-state index >= 15 is 0 Å². The highest BCUT2D eigenvalue weighted by Crippen LogP contribution is 2.20. The molecule has 2 nitrogen and oxygen atoms in total. The molecule has 86 valence electrons. The lowest BCUT2D eigenvalue weighted by Gasteiger charge is -2.14. The fourth-order valence-electron chi connectivity index (χ4n) is 1.30. The molecule has 0 amide bonds. The molecular formula is C14H20N2. The molecule has 1 aromatic heterocycles. The van der Waals surface area contributed by atoms with Crippen LogP contribution in [0, 0.1) is 0 Å². The van der Waals surface area contributed by atoms with E-state index in [2.05, 4.69) is 32.4 Å². The lowest BCUT2D eigenvalue weighted by molar-refractivity contribution is 0.561. The number of hydrogen-bond donors (Lipinski definition) is 0. The largest absolute Gasteiger partial charge is 0.241 e. The molecule has 0 N–H and O–H groups in total. The van der Waals surface area contributed by atoms with Gasteiger partial charge in [-0.15, -0.1) is 0 Å². The topological polar surface area (TPSA) is 17.8 Å². The zero-order valence-corrected chi connectivity index (χ0v) is 10.6. The second-order valence-corrected chi connectivity index (χ2v) is 4.72. The summed E-state index contributed by atoms with van der Waals surface area (Å²) in [7, 11) is 0. The second-order valence-electron chi connectivity index (χ2n) is 4.72. The van der Waals surface area contributed by atoms with Crippen molar-refractivity contribution in [1.82, 2.24) is 9.78 Å². The molecule has 0 saturated carbocycles. The number of aromatic nitrogens is 2.